The molecule has 2 rings (SSSR count). The first-order valence-corrected chi connectivity index (χ1v) is 8.53. The van der Waals surface area contributed by atoms with E-state index >= 15 is 0 Å². The quantitative estimate of drug-likeness (QED) is 0.242. The van der Waals surface area contributed by atoms with Gasteiger partial charge in [0.05, 0.1) is 0 Å². The number of carbonyl (C=O) groups excluding carboxylic acids is 2. The summed E-state index contributed by atoms with van der Waals surface area (Å²) in [6.07, 6.45) is 1.68. The zero-order chi connectivity index (χ0) is 17.9. The van der Waals surface area contributed by atoms with Crippen LogP contribution in [0.1, 0.15) is 26.7 Å². The Bertz CT molecular complexity index is 519. The van der Waals surface area contributed by atoms with Crippen molar-refractivity contribution >= 4 is 41.9 Å². The largest absolute Gasteiger partial charge is 0.355 e. The molecular weight excluding hydrogens is 435 g/mol. The highest BCUT2D eigenvalue weighted by Crippen LogP contribution is 2.30. The van der Waals surface area contributed by atoms with Gasteiger partial charge in [0.2, 0.25) is 0 Å². The fourth-order valence-electron chi connectivity index (χ4n) is 3.27. The van der Waals surface area contributed by atoms with Gasteiger partial charge in [0.25, 0.3) is 5.91 Å². The Morgan fingerprint density at radius 3 is 2.44 bits per heavy atom. The number of piperidine rings is 1. The van der Waals surface area contributed by atoms with Crippen molar-refractivity contribution in [3.63, 3.8) is 0 Å². The molecule has 9 heteroatoms. The maximum Gasteiger partial charge on any atom is 0.322 e. The fourth-order valence-corrected chi connectivity index (χ4v) is 3.27. The van der Waals surface area contributed by atoms with E-state index in [-0.39, 0.29) is 41.8 Å². The van der Waals surface area contributed by atoms with Crippen LogP contribution >= 0.6 is 24.0 Å². The topological polar surface area (TPSA) is 89.1 Å². The van der Waals surface area contributed by atoms with Crippen molar-refractivity contribution in [3.8, 4) is 0 Å². The first-order chi connectivity index (χ1) is 11.3. The summed E-state index contributed by atoms with van der Waals surface area (Å²) in [5.41, 5.74) is -0.792. The molecule has 0 aromatic rings. The predicted octanol–water partition coefficient (Wildman–Crippen LogP) is 0.440. The van der Waals surface area contributed by atoms with Crippen molar-refractivity contribution in [1.29, 1.82) is 0 Å². The van der Waals surface area contributed by atoms with E-state index in [0.29, 0.717) is 6.04 Å². The van der Waals surface area contributed by atoms with Gasteiger partial charge in [0.15, 0.2) is 5.96 Å². The maximum absolute atomic E-state index is 12.1. The van der Waals surface area contributed by atoms with Crippen LogP contribution in [-0.2, 0) is 4.79 Å². The van der Waals surface area contributed by atoms with Gasteiger partial charge in [0.1, 0.15) is 5.54 Å². The van der Waals surface area contributed by atoms with Crippen LogP contribution in [0.2, 0.25) is 0 Å². The number of nitrogens with zero attached hydrogens (tertiary/aromatic N) is 3. The van der Waals surface area contributed by atoms with Crippen molar-refractivity contribution in [2.45, 2.75) is 38.3 Å². The lowest BCUT2D eigenvalue weighted by molar-refractivity contribution is -0.125. The lowest BCUT2D eigenvalue weighted by Gasteiger charge is -2.40. The summed E-state index contributed by atoms with van der Waals surface area (Å²) in [6, 6.07) is 0.0238. The molecule has 144 valence electrons. The number of halogens is 1. The number of rotatable bonds is 4. The van der Waals surface area contributed by atoms with E-state index in [2.05, 4.69) is 51.8 Å². The number of imide groups is 1. The highest BCUT2D eigenvalue weighted by atomic mass is 127. The van der Waals surface area contributed by atoms with Gasteiger partial charge in [-0.25, -0.2) is 4.79 Å². The number of hydrogen-bond donors (Lipinski definition) is 3. The van der Waals surface area contributed by atoms with Gasteiger partial charge in [-0.1, -0.05) is 0 Å². The Morgan fingerprint density at radius 1 is 1.40 bits per heavy atom. The molecule has 0 bridgehead atoms. The van der Waals surface area contributed by atoms with Crippen molar-refractivity contribution in [3.05, 3.63) is 0 Å². The van der Waals surface area contributed by atoms with Crippen LogP contribution in [0.5, 0.6) is 0 Å². The SMILES string of the molecule is CN=C(NCC(C)N(C)C)N1CCC(C2(C)NC(=O)NC2=O)CC1.I. The van der Waals surface area contributed by atoms with Gasteiger partial charge in [0, 0.05) is 32.7 Å². The van der Waals surface area contributed by atoms with Crippen LogP contribution in [0, 0.1) is 5.92 Å². The third-order valence-electron chi connectivity index (χ3n) is 5.33. The van der Waals surface area contributed by atoms with Crippen LogP contribution in [0.15, 0.2) is 4.99 Å². The van der Waals surface area contributed by atoms with Crippen LogP contribution in [0.25, 0.3) is 0 Å². The molecule has 2 unspecified atom stereocenters. The fraction of sp³-hybridized carbons (Fsp3) is 0.812. The lowest BCUT2D eigenvalue weighted by Crippen LogP contribution is -2.56. The standard InChI is InChI=1S/C16H30N6O2.HI/c1-11(21(4)5)10-18-14(17-3)22-8-6-12(7-9-22)16(2)13(23)19-15(24)20-16;/h11-12H,6-10H2,1-5H3,(H,17,18)(H2,19,20,23,24);1H. The third-order valence-corrected chi connectivity index (χ3v) is 5.33. The van der Waals surface area contributed by atoms with E-state index < -0.39 is 5.54 Å². The van der Waals surface area contributed by atoms with Gasteiger partial charge >= 0.3 is 6.03 Å². The van der Waals surface area contributed by atoms with Crippen LogP contribution in [0.3, 0.4) is 0 Å². The summed E-state index contributed by atoms with van der Waals surface area (Å²) in [4.78, 5) is 32.3. The number of nitrogens with one attached hydrogen (secondary N) is 3. The van der Waals surface area contributed by atoms with Crippen molar-refractivity contribution in [2.75, 3.05) is 40.8 Å². The van der Waals surface area contributed by atoms with E-state index in [1.165, 1.54) is 0 Å². The number of likely N-dealkylation sites (N-methyl/N-ethyl adjacent to an activating group) is 1. The van der Waals surface area contributed by atoms with Crippen LogP contribution in [0.4, 0.5) is 4.79 Å². The van der Waals surface area contributed by atoms with Gasteiger partial charge in [-0.15, -0.1) is 24.0 Å². The zero-order valence-corrected chi connectivity index (χ0v) is 18.1. The Hall–Kier alpha value is -1.10. The second kappa shape index (κ2) is 9.02. The molecule has 0 aliphatic carbocycles. The first kappa shape index (κ1) is 21.9. The maximum atomic E-state index is 12.1. The van der Waals surface area contributed by atoms with Crippen molar-refractivity contribution < 1.29 is 9.59 Å². The smallest absolute Gasteiger partial charge is 0.322 e. The molecule has 0 aromatic heterocycles. The number of hydrogen-bond acceptors (Lipinski definition) is 4. The van der Waals surface area contributed by atoms with E-state index in [0.717, 1.165) is 38.4 Å². The van der Waals surface area contributed by atoms with Crippen molar-refractivity contribution in [1.82, 2.24) is 25.8 Å². The first-order valence-electron chi connectivity index (χ1n) is 8.53. The molecule has 0 saturated carbocycles. The second-order valence-corrected chi connectivity index (χ2v) is 7.11. The molecule has 2 aliphatic heterocycles. The Morgan fingerprint density at radius 2 is 2.00 bits per heavy atom. The minimum atomic E-state index is -0.792. The highest BCUT2D eigenvalue weighted by Gasteiger charge is 2.48. The van der Waals surface area contributed by atoms with Crippen LogP contribution < -0.4 is 16.0 Å². The number of amides is 3. The summed E-state index contributed by atoms with van der Waals surface area (Å²) < 4.78 is 0. The molecule has 2 aliphatic rings. The number of aliphatic imine (C=N–C) groups is 1. The lowest BCUT2D eigenvalue weighted by atomic mass is 9.79. The van der Waals surface area contributed by atoms with E-state index in [1.807, 2.05) is 6.92 Å². The Balaban J connectivity index is 0.00000312. The third kappa shape index (κ3) is 4.96. The molecule has 0 radical (unpaired) electrons. The molecule has 3 amide bonds. The molecule has 0 spiro atoms. The van der Waals surface area contributed by atoms with Gasteiger partial charge in [-0.2, -0.15) is 0 Å². The molecule has 2 fully saturated rings. The average Bonchev–Trinajstić information content (AvgIpc) is 2.81. The van der Waals surface area contributed by atoms with Crippen LogP contribution in [-0.4, -0.2) is 80.1 Å². The number of carbonyl (C=O) groups is 2. The molecule has 0 aromatic carbocycles. The highest BCUT2D eigenvalue weighted by molar-refractivity contribution is 14.0. The zero-order valence-electron chi connectivity index (χ0n) is 15.8. The van der Waals surface area contributed by atoms with Crippen molar-refractivity contribution in [2.24, 2.45) is 10.9 Å². The van der Waals surface area contributed by atoms with E-state index in [1.54, 1.807) is 7.05 Å². The monoisotopic (exact) mass is 466 g/mol. The molecule has 25 heavy (non-hydrogen) atoms. The molecule has 3 N–H and O–H groups in total. The summed E-state index contributed by atoms with van der Waals surface area (Å²) in [5.74, 6) is 0.819. The van der Waals surface area contributed by atoms with E-state index in [4.69, 9.17) is 0 Å². The summed E-state index contributed by atoms with van der Waals surface area (Å²) in [6.45, 7) is 6.45. The Labute approximate surface area is 167 Å². The molecule has 8 nitrogen and oxygen atoms in total. The minimum Gasteiger partial charge on any atom is -0.355 e. The molecule has 2 heterocycles. The van der Waals surface area contributed by atoms with Gasteiger partial charge < -0.3 is 20.4 Å². The Kier molecular flexibility index (Phi) is 7.91. The normalized spacial score (nSPS) is 26.2. The summed E-state index contributed by atoms with van der Waals surface area (Å²) in [5, 5.41) is 8.56. The number of likely N-dealkylation sites (tertiary alicyclic amines) is 1. The number of guanidine groups is 1. The summed E-state index contributed by atoms with van der Waals surface area (Å²) in [7, 11) is 5.91. The number of urea groups is 1. The molecular formula is C16H31IN6O2. The second-order valence-electron chi connectivity index (χ2n) is 7.11. The summed E-state index contributed by atoms with van der Waals surface area (Å²) >= 11 is 0. The molecule has 2 saturated heterocycles. The van der Waals surface area contributed by atoms with E-state index in [9.17, 15) is 9.59 Å². The van der Waals surface area contributed by atoms with Gasteiger partial charge in [-0.05, 0) is 46.7 Å². The minimum absolute atomic E-state index is 0. The average molecular weight is 466 g/mol. The predicted molar refractivity (Wildman–Crippen MR) is 109 cm³/mol. The van der Waals surface area contributed by atoms with Gasteiger partial charge in [-0.3, -0.25) is 15.1 Å². The molecule has 2 atom stereocenters.